The van der Waals surface area contributed by atoms with Crippen LogP contribution >= 0.6 is 11.3 Å². The van der Waals surface area contributed by atoms with E-state index in [-0.39, 0.29) is 37.1 Å². The Labute approximate surface area is 207 Å². The largest absolute Gasteiger partial charge is 0.481 e. The number of carboxylic acid groups (broad SMARTS) is 1. The lowest BCUT2D eigenvalue weighted by Gasteiger charge is -2.19. The van der Waals surface area contributed by atoms with E-state index < -0.39 is 24.0 Å². The van der Waals surface area contributed by atoms with Gasteiger partial charge in [-0.25, -0.2) is 9.78 Å². The van der Waals surface area contributed by atoms with Crippen molar-refractivity contribution in [2.75, 3.05) is 6.61 Å². The number of fused-ring (bicyclic) bond motifs is 3. The smallest absolute Gasteiger partial charge is 0.407 e. The van der Waals surface area contributed by atoms with Gasteiger partial charge < -0.3 is 20.5 Å². The second-order valence-corrected chi connectivity index (χ2v) is 9.67. The Morgan fingerprint density at radius 1 is 1.06 bits per heavy atom. The molecule has 4 rings (SSSR count). The normalized spacial score (nSPS) is 13.1. The van der Waals surface area contributed by atoms with Crippen molar-refractivity contribution in [1.29, 1.82) is 0 Å². The highest BCUT2D eigenvalue weighted by Crippen LogP contribution is 2.44. The Kier molecular flexibility index (Phi) is 7.45. The van der Waals surface area contributed by atoms with E-state index in [1.165, 1.54) is 11.3 Å². The number of aromatic nitrogens is 1. The number of carbonyl (C=O) groups excluding carboxylic acids is 2. The van der Waals surface area contributed by atoms with Crippen molar-refractivity contribution in [3.05, 3.63) is 75.7 Å². The van der Waals surface area contributed by atoms with Gasteiger partial charge in [-0.15, -0.1) is 11.3 Å². The number of hydrogen-bond donors (Lipinski definition) is 3. The molecule has 0 saturated heterocycles. The minimum absolute atomic E-state index is 0.0250. The Morgan fingerprint density at radius 3 is 2.29 bits per heavy atom. The van der Waals surface area contributed by atoms with Crippen LogP contribution in [0.25, 0.3) is 11.1 Å². The average Bonchev–Trinajstić information content (AvgIpc) is 3.44. The van der Waals surface area contributed by atoms with Gasteiger partial charge in [0.15, 0.2) is 0 Å². The van der Waals surface area contributed by atoms with Crippen molar-refractivity contribution in [3.63, 3.8) is 0 Å². The molecule has 0 aliphatic heterocycles. The molecular formula is C26H27N3O5S. The molecule has 1 aromatic heterocycles. The molecular weight excluding hydrogens is 466 g/mol. The number of ether oxygens (including phenoxy) is 1. The number of amides is 2. The molecule has 8 nitrogen and oxygen atoms in total. The van der Waals surface area contributed by atoms with E-state index in [1.54, 1.807) is 5.38 Å². The summed E-state index contributed by atoms with van der Waals surface area (Å²) in [6, 6.07) is 15.8. The Morgan fingerprint density at radius 2 is 1.69 bits per heavy atom. The quantitative estimate of drug-likeness (QED) is 0.406. The highest BCUT2D eigenvalue weighted by atomic mass is 32.1. The molecule has 0 fully saturated rings. The maximum absolute atomic E-state index is 12.5. The van der Waals surface area contributed by atoms with Gasteiger partial charge in [-0.2, -0.15) is 0 Å². The second kappa shape index (κ2) is 10.7. The van der Waals surface area contributed by atoms with Crippen molar-refractivity contribution in [2.45, 2.75) is 38.8 Å². The van der Waals surface area contributed by atoms with Crippen LogP contribution in [-0.4, -0.2) is 40.7 Å². The number of nitrogens with one attached hydrogen (secondary N) is 2. The molecule has 3 N–H and O–H groups in total. The van der Waals surface area contributed by atoms with Gasteiger partial charge in [-0.3, -0.25) is 9.59 Å². The zero-order chi connectivity index (χ0) is 24.9. The molecule has 0 radical (unpaired) electrons. The predicted molar refractivity (Wildman–Crippen MR) is 132 cm³/mol. The van der Waals surface area contributed by atoms with E-state index in [1.807, 2.05) is 38.1 Å². The zero-order valence-electron chi connectivity index (χ0n) is 19.5. The highest BCUT2D eigenvalue weighted by molar-refractivity contribution is 7.09. The fraction of sp³-hybridized carbons (Fsp3) is 0.308. The lowest BCUT2D eigenvalue weighted by Crippen LogP contribution is -2.40. The van der Waals surface area contributed by atoms with Gasteiger partial charge >= 0.3 is 12.1 Å². The maximum atomic E-state index is 12.5. The number of rotatable bonds is 9. The van der Waals surface area contributed by atoms with Crippen molar-refractivity contribution in [3.8, 4) is 11.1 Å². The number of nitrogens with zero attached hydrogens (tertiary/aromatic N) is 1. The Hall–Kier alpha value is -3.72. The van der Waals surface area contributed by atoms with Crippen molar-refractivity contribution >= 4 is 29.3 Å². The summed E-state index contributed by atoms with van der Waals surface area (Å²) < 4.78 is 5.52. The van der Waals surface area contributed by atoms with Crippen LogP contribution in [0.1, 0.15) is 52.8 Å². The molecule has 182 valence electrons. The van der Waals surface area contributed by atoms with Gasteiger partial charge in [0.25, 0.3) is 5.91 Å². The third kappa shape index (κ3) is 5.68. The van der Waals surface area contributed by atoms with E-state index in [9.17, 15) is 14.4 Å². The minimum Gasteiger partial charge on any atom is -0.481 e. The molecule has 35 heavy (non-hydrogen) atoms. The van der Waals surface area contributed by atoms with Gasteiger partial charge in [0, 0.05) is 17.3 Å². The number of thiazole rings is 1. The monoisotopic (exact) mass is 493 g/mol. The predicted octanol–water partition coefficient (Wildman–Crippen LogP) is 4.41. The molecule has 1 aliphatic carbocycles. The molecule has 1 heterocycles. The van der Waals surface area contributed by atoms with Crippen LogP contribution in [0.3, 0.4) is 0 Å². The minimum atomic E-state index is -0.977. The lowest BCUT2D eigenvalue weighted by molar-refractivity contribution is -0.137. The summed E-state index contributed by atoms with van der Waals surface area (Å²) in [5.41, 5.74) is 4.79. The molecule has 0 bridgehead atoms. The first kappa shape index (κ1) is 24.4. The summed E-state index contributed by atoms with van der Waals surface area (Å²) in [4.78, 5) is 40.1. The zero-order valence-corrected chi connectivity index (χ0v) is 20.3. The van der Waals surface area contributed by atoms with Crippen molar-refractivity contribution in [1.82, 2.24) is 15.6 Å². The summed E-state index contributed by atoms with van der Waals surface area (Å²) in [6.45, 7) is 4.03. The van der Waals surface area contributed by atoms with Gasteiger partial charge in [0.05, 0.1) is 13.0 Å². The third-order valence-corrected chi connectivity index (χ3v) is 6.88. The summed E-state index contributed by atoms with van der Waals surface area (Å²) in [5.74, 6) is -1.48. The molecule has 2 amide bonds. The fourth-order valence-electron chi connectivity index (χ4n) is 4.18. The van der Waals surface area contributed by atoms with Crippen LogP contribution < -0.4 is 10.6 Å². The third-order valence-electron chi connectivity index (χ3n) is 6.03. The van der Waals surface area contributed by atoms with Crippen LogP contribution in [0.2, 0.25) is 0 Å². The van der Waals surface area contributed by atoms with Crippen LogP contribution in [0.5, 0.6) is 0 Å². The number of carboxylic acids is 1. The van der Waals surface area contributed by atoms with Crippen molar-refractivity contribution < 1.29 is 24.2 Å². The molecule has 9 heteroatoms. The molecule has 1 atom stereocenters. The number of benzene rings is 2. The van der Waals surface area contributed by atoms with Gasteiger partial charge in [-0.05, 0) is 28.2 Å². The molecule has 0 saturated carbocycles. The fourth-order valence-corrected chi connectivity index (χ4v) is 4.89. The average molecular weight is 494 g/mol. The van der Waals surface area contributed by atoms with Gasteiger partial charge in [0.2, 0.25) is 0 Å². The van der Waals surface area contributed by atoms with Crippen LogP contribution in [-0.2, 0) is 16.1 Å². The Bertz CT molecular complexity index is 1190. The topological polar surface area (TPSA) is 118 Å². The summed E-state index contributed by atoms with van der Waals surface area (Å²) in [6.07, 6.45) is -0.724. The number of carbonyl (C=O) groups is 3. The first-order valence-electron chi connectivity index (χ1n) is 11.4. The van der Waals surface area contributed by atoms with E-state index in [4.69, 9.17) is 9.84 Å². The van der Waals surface area contributed by atoms with Gasteiger partial charge in [-0.1, -0.05) is 62.4 Å². The second-order valence-electron chi connectivity index (χ2n) is 8.73. The number of aliphatic carboxylic acids is 1. The van der Waals surface area contributed by atoms with E-state index in [0.29, 0.717) is 5.01 Å². The summed E-state index contributed by atoms with van der Waals surface area (Å²) >= 11 is 1.24. The van der Waals surface area contributed by atoms with E-state index in [2.05, 4.69) is 39.9 Å². The number of alkyl carbamates (subject to hydrolysis) is 1. The Balaban J connectivity index is 1.30. The molecule has 2 aromatic carbocycles. The molecule has 0 unspecified atom stereocenters. The first-order chi connectivity index (χ1) is 16.8. The summed E-state index contributed by atoms with van der Waals surface area (Å²) in [7, 11) is 0. The highest BCUT2D eigenvalue weighted by Gasteiger charge is 2.29. The van der Waals surface area contributed by atoms with Crippen LogP contribution in [0, 0.1) is 5.92 Å². The number of hydrogen-bond acceptors (Lipinski definition) is 6. The first-order valence-corrected chi connectivity index (χ1v) is 12.3. The maximum Gasteiger partial charge on any atom is 0.407 e. The SMILES string of the molecule is CC(C)[C@H](CC(=O)O)NC(=O)c1csc(CNC(=O)OCC2c3ccccc3-c3ccccc32)n1. The van der Waals surface area contributed by atoms with Gasteiger partial charge in [0.1, 0.15) is 17.3 Å². The van der Waals surface area contributed by atoms with Crippen LogP contribution in [0.15, 0.2) is 53.9 Å². The molecule has 3 aromatic rings. The lowest BCUT2D eigenvalue weighted by atomic mass is 9.98. The van der Waals surface area contributed by atoms with Crippen LogP contribution in [0.4, 0.5) is 4.79 Å². The van der Waals surface area contributed by atoms with E-state index >= 15 is 0 Å². The standard InChI is InChI=1S/C26H27N3O5S/c1-15(2)21(11-24(30)31)29-25(32)22-14-35-23(28-22)12-27-26(33)34-13-20-18-9-5-3-7-16(18)17-8-4-6-10-19(17)20/h3-10,14-15,20-21H,11-13H2,1-2H3,(H,27,33)(H,29,32)(H,30,31)/t21-/m0/s1. The van der Waals surface area contributed by atoms with Crippen molar-refractivity contribution in [2.24, 2.45) is 5.92 Å². The summed E-state index contributed by atoms with van der Waals surface area (Å²) in [5, 5.41) is 16.6. The molecule has 1 aliphatic rings. The molecule has 0 spiro atoms. The van der Waals surface area contributed by atoms with E-state index in [0.717, 1.165) is 22.3 Å².